The minimum atomic E-state index is -0.172. The zero-order valence-electron chi connectivity index (χ0n) is 15.9. The number of hydrogen-bond donors (Lipinski definition) is 1. The third-order valence-electron chi connectivity index (χ3n) is 7.44. The molecule has 1 aromatic rings. The second-order valence-corrected chi connectivity index (χ2v) is 8.76. The van der Waals surface area contributed by atoms with E-state index >= 15 is 0 Å². The van der Waals surface area contributed by atoms with Crippen LogP contribution in [-0.2, 0) is 16.0 Å². The van der Waals surface area contributed by atoms with Crippen LogP contribution in [0.4, 0.5) is 0 Å². The topological polar surface area (TPSA) is 63.6 Å². The van der Waals surface area contributed by atoms with Gasteiger partial charge in [0.05, 0.1) is 5.56 Å². The molecule has 0 saturated heterocycles. The Balaban J connectivity index is 1.67. The summed E-state index contributed by atoms with van der Waals surface area (Å²) in [6, 6.07) is 3.76. The number of ether oxygens (including phenoxy) is 1. The van der Waals surface area contributed by atoms with Crippen LogP contribution < -0.4 is 0 Å². The van der Waals surface area contributed by atoms with Gasteiger partial charge in [0, 0.05) is 12.3 Å². The first kappa shape index (κ1) is 17.6. The minimum absolute atomic E-state index is 0.0416. The van der Waals surface area contributed by atoms with Gasteiger partial charge in [-0.3, -0.25) is 9.59 Å². The summed E-state index contributed by atoms with van der Waals surface area (Å²) in [6.07, 6.45) is 6.29. The molecule has 0 spiro atoms. The maximum atomic E-state index is 11.9. The van der Waals surface area contributed by atoms with Gasteiger partial charge in [-0.1, -0.05) is 6.92 Å². The van der Waals surface area contributed by atoms with Gasteiger partial charge >= 0.3 is 5.97 Å². The van der Waals surface area contributed by atoms with Crippen LogP contribution >= 0.6 is 0 Å². The highest BCUT2D eigenvalue weighted by Crippen LogP contribution is 2.61. The van der Waals surface area contributed by atoms with E-state index in [1.54, 1.807) is 0 Å². The van der Waals surface area contributed by atoms with E-state index < -0.39 is 0 Å². The second-order valence-electron chi connectivity index (χ2n) is 8.76. The third-order valence-corrected chi connectivity index (χ3v) is 7.44. The Kier molecular flexibility index (Phi) is 4.13. The van der Waals surface area contributed by atoms with Crippen LogP contribution in [0.15, 0.2) is 12.1 Å². The van der Waals surface area contributed by atoms with Gasteiger partial charge in [-0.2, -0.15) is 0 Å². The normalized spacial score (nSPS) is 35.2. The van der Waals surface area contributed by atoms with E-state index in [1.807, 2.05) is 12.1 Å². The lowest BCUT2D eigenvalue weighted by atomic mass is 9.55. The maximum Gasteiger partial charge on any atom is 0.302 e. The van der Waals surface area contributed by atoms with Gasteiger partial charge in [0.1, 0.15) is 11.9 Å². The summed E-state index contributed by atoms with van der Waals surface area (Å²) < 4.78 is 5.68. The zero-order valence-corrected chi connectivity index (χ0v) is 15.9. The summed E-state index contributed by atoms with van der Waals surface area (Å²) in [5.41, 5.74) is 2.99. The Morgan fingerprint density at radius 3 is 2.62 bits per heavy atom. The fraction of sp³-hybridized carbons (Fsp3) is 0.636. The van der Waals surface area contributed by atoms with Gasteiger partial charge in [0.15, 0.2) is 5.78 Å². The largest absolute Gasteiger partial charge is 0.507 e. The predicted molar refractivity (Wildman–Crippen MR) is 98.3 cm³/mol. The van der Waals surface area contributed by atoms with Crippen LogP contribution in [0.25, 0.3) is 0 Å². The van der Waals surface area contributed by atoms with Crippen molar-refractivity contribution in [3.63, 3.8) is 0 Å². The summed E-state index contributed by atoms with van der Waals surface area (Å²) >= 11 is 0. The summed E-state index contributed by atoms with van der Waals surface area (Å²) in [5.74, 6) is 1.45. The minimum Gasteiger partial charge on any atom is -0.507 e. The SMILES string of the molecule is CC(=O)O[C@@H]1CC[C@@H]2[C@H]3CCc4cc(O)c(C(C)=O)cc4[C@@H]3CC[C@]21C. The van der Waals surface area contributed by atoms with Crippen molar-refractivity contribution in [2.24, 2.45) is 17.3 Å². The van der Waals surface area contributed by atoms with Gasteiger partial charge < -0.3 is 9.84 Å². The van der Waals surface area contributed by atoms with E-state index in [0.29, 0.717) is 23.3 Å². The predicted octanol–water partition coefficient (Wildman–Crippen LogP) is 4.38. The lowest BCUT2D eigenvalue weighted by Gasteiger charge is -2.50. The van der Waals surface area contributed by atoms with Crippen molar-refractivity contribution in [2.75, 3.05) is 0 Å². The molecule has 4 heteroatoms. The smallest absolute Gasteiger partial charge is 0.302 e. The number of phenols is 1. The van der Waals surface area contributed by atoms with E-state index in [0.717, 1.165) is 38.5 Å². The van der Waals surface area contributed by atoms with Crippen molar-refractivity contribution < 1.29 is 19.4 Å². The molecule has 3 aliphatic carbocycles. The molecule has 0 radical (unpaired) electrons. The number of carbonyl (C=O) groups is 2. The molecule has 3 aliphatic rings. The summed E-state index contributed by atoms with van der Waals surface area (Å²) in [6.45, 7) is 5.33. The molecule has 0 aromatic heterocycles. The van der Waals surface area contributed by atoms with Crippen LogP contribution in [0.5, 0.6) is 5.75 Å². The maximum absolute atomic E-state index is 11.9. The van der Waals surface area contributed by atoms with Crippen molar-refractivity contribution >= 4 is 11.8 Å². The van der Waals surface area contributed by atoms with E-state index in [2.05, 4.69) is 6.92 Å². The van der Waals surface area contributed by atoms with Crippen LogP contribution in [0.1, 0.15) is 80.3 Å². The summed E-state index contributed by atoms with van der Waals surface area (Å²) in [4.78, 5) is 23.4. The Morgan fingerprint density at radius 1 is 1.15 bits per heavy atom. The lowest BCUT2D eigenvalue weighted by Crippen LogP contribution is -2.45. The number of phenolic OH excluding ortho intramolecular Hbond substituents is 1. The van der Waals surface area contributed by atoms with Gasteiger partial charge in [0.2, 0.25) is 0 Å². The van der Waals surface area contributed by atoms with E-state index in [4.69, 9.17) is 4.74 Å². The number of hydrogen-bond acceptors (Lipinski definition) is 4. The first-order chi connectivity index (χ1) is 12.3. The van der Waals surface area contributed by atoms with Crippen LogP contribution in [0, 0.1) is 17.3 Å². The molecule has 2 saturated carbocycles. The van der Waals surface area contributed by atoms with Gasteiger partial charge in [-0.25, -0.2) is 0 Å². The van der Waals surface area contributed by atoms with Crippen molar-refractivity contribution in [3.05, 3.63) is 28.8 Å². The zero-order chi connectivity index (χ0) is 18.6. The molecular weight excluding hydrogens is 328 g/mol. The number of fused-ring (bicyclic) bond motifs is 5. The molecule has 4 nitrogen and oxygen atoms in total. The highest BCUT2D eigenvalue weighted by molar-refractivity contribution is 5.97. The Morgan fingerprint density at radius 2 is 1.92 bits per heavy atom. The average Bonchev–Trinajstić information content (AvgIpc) is 2.89. The Hall–Kier alpha value is -1.84. The van der Waals surface area contributed by atoms with E-state index in [1.165, 1.54) is 25.0 Å². The standard InChI is InChI=1S/C22H28O4/c1-12(23)17-11-18-14(10-20(17)25)4-5-16-15(18)8-9-22(3)19(16)6-7-21(22)26-13(2)24/h10-11,15-16,19,21,25H,4-9H2,1-3H3/t15-,16+,19-,21-,22-/m1/s1. The Bertz CT molecular complexity index is 768. The van der Waals surface area contributed by atoms with Gasteiger partial charge in [-0.05, 0) is 86.5 Å². The molecule has 2 fully saturated rings. The molecule has 4 rings (SSSR count). The second kappa shape index (κ2) is 6.11. The van der Waals surface area contributed by atoms with Crippen LogP contribution in [0.2, 0.25) is 0 Å². The quantitative estimate of drug-likeness (QED) is 0.631. The number of aryl methyl sites for hydroxylation is 1. The Labute approximate surface area is 154 Å². The number of rotatable bonds is 2. The van der Waals surface area contributed by atoms with Gasteiger partial charge in [-0.15, -0.1) is 0 Å². The number of aromatic hydroxyl groups is 1. The molecule has 1 aromatic carbocycles. The first-order valence-electron chi connectivity index (χ1n) is 9.85. The number of ketones is 1. The van der Waals surface area contributed by atoms with Crippen molar-refractivity contribution in [3.8, 4) is 5.75 Å². The monoisotopic (exact) mass is 356 g/mol. The molecule has 0 bridgehead atoms. The lowest BCUT2D eigenvalue weighted by molar-refractivity contribution is -0.154. The number of Topliss-reactive ketones (excluding diaryl/α,β-unsaturated/α-hetero) is 1. The molecule has 1 N–H and O–H groups in total. The molecule has 0 unspecified atom stereocenters. The van der Waals surface area contributed by atoms with E-state index in [-0.39, 0.29) is 29.0 Å². The van der Waals surface area contributed by atoms with Crippen molar-refractivity contribution in [1.82, 2.24) is 0 Å². The van der Waals surface area contributed by atoms with Crippen molar-refractivity contribution in [2.45, 2.75) is 71.3 Å². The molecule has 0 aliphatic heterocycles. The summed E-state index contributed by atoms with van der Waals surface area (Å²) in [7, 11) is 0. The fourth-order valence-corrected chi connectivity index (χ4v) is 6.24. The van der Waals surface area contributed by atoms with Crippen molar-refractivity contribution in [1.29, 1.82) is 0 Å². The van der Waals surface area contributed by atoms with Crippen LogP contribution in [0.3, 0.4) is 0 Å². The molecule has 0 amide bonds. The third kappa shape index (κ3) is 2.57. The molecule has 5 atom stereocenters. The highest BCUT2D eigenvalue weighted by Gasteiger charge is 2.56. The number of benzene rings is 1. The molecule has 26 heavy (non-hydrogen) atoms. The number of carbonyl (C=O) groups excluding carboxylic acids is 2. The molecule has 0 heterocycles. The number of esters is 1. The molecular formula is C22H28O4. The molecule has 140 valence electrons. The van der Waals surface area contributed by atoms with Crippen LogP contribution in [-0.4, -0.2) is 23.0 Å². The highest BCUT2D eigenvalue weighted by atomic mass is 16.5. The van der Waals surface area contributed by atoms with Gasteiger partial charge in [0.25, 0.3) is 0 Å². The first-order valence-corrected chi connectivity index (χ1v) is 9.85. The average molecular weight is 356 g/mol. The fourth-order valence-electron chi connectivity index (χ4n) is 6.24. The van der Waals surface area contributed by atoms with E-state index in [9.17, 15) is 14.7 Å². The summed E-state index contributed by atoms with van der Waals surface area (Å²) in [5, 5.41) is 10.2.